The molecular weight excluding hydrogens is 313 g/mol. The highest BCUT2D eigenvalue weighted by molar-refractivity contribution is 5.20. The summed E-state index contributed by atoms with van der Waals surface area (Å²) in [7, 11) is 0. The fraction of sp³-hybridized carbons (Fsp3) is 0.529. The molecule has 2 aliphatic heterocycles. The van der Waals surface area contributed by atoms with Crippen molar-refractivity contribution in [1.29, 1.82) is 0 Å². The van der Waals surface area contributed by atoms with Crippen LogP contribution >= 0.6 is 0 Å². The zero-order valence-corrected chi connectivity index (χ0v) is 13.4. The molecule has 4 rings (SSSR count). The van der Waals surface area contributed by atoms with E-state index in [1.165, 1.54) is 12.1 Å². The Labute approximate surface area is 139 Å². The number of fused-ring (bicyclic) bond motifs is 2. The molecule has 2 aromatic rings. The van der Waals surface area contributed by atoms with E-state index in [2.05, 4.69) is 10.3 Å². The maximum absolute atomic E-state index is 13.4. The topological polar surface area (TPSA) is 69.4 Å². The minimum Gasteiger partial charge on any atom is -0.378 e. The molecule has 0 saturated carbocycles. The van der Waals surface area contributed by atoms with E-state index < -0.39 is 11.9 Å². The summed E-state index contributed by atoms with van der Waals surface area (Å²) in [4.78, 5) is 0. The smallest absolute Gasteiger partial charge is 0.192 e. The van der Waals surface area contributed by atoms with Crippen LogP contribution < -0.4 is 0 Å². The Balaban J connectivity index is 1.50. The summed E-state index contributed by atoms with van der Waals surface area (Å²) in [5.41, 5.74) is 0.0980. The van der Waals surface area contributed by atoms with Crippen molar-refractivity contribution >= 4 is 0 Å². The Morgan fingerprint density at radius 1 is 1.50 bits per heavy atom. The van der Waals surface area contributed by atoms with Crippen molar-refractivity contribution in [2.24, 2.45) is 0 Å². The normalized spacial score (nSPS) is 30.5. The van der Waals surface area contributed by atoms with Crippen molar-refractivity contribution < 1.29 is 19.0 Å². The Kier molecular flexibility index (Phi) is 3.86. The van der Waals surface area contributed by atoms with E-state index in [9.17, 15) is 9.50 Å². The van der Waals surface area contributed by atoms with E-state index in [0.717, 1.165) is 12.0 Å². The molecule has 3 heterocycles. The summed E-state index contributed by atoms with van der Waals surface area (Å²) < 4.78 is 26.2. The number of ether oxygens (including phenoxy) is 2. The Morgan fingerprint density at radius 3 is 3.21 bits per heavy atom. The van der Waals surface area contributed by atoms with Crippen LogP contribution in [0.1, 0.15) is 36.9 Å². The number of nitrogens with zero attached hydrogens (tertiary/aromatic N) is 3. The zero-order chi connectivity index (χ0) is 16.7. The molecule has 1 aromatic carbocycles. The molecular formula is C17H20FN3O3. The average Bonchev–Trinajstić information content (AvgIpc) is 3.20. The zero-order valence-electron chi connectivity index (χ0n) is 13.4. The second-order valence-corrected chi connectivity index (χ2v) is 6.67. The van der Waals surface area contributed by atoms with Gasteiger partial charge in [-0.1, -0.05) is 24.3 Å². The molecule has 0 radical (unpaired) electrons. The lowest BCUT2D eigenvalue weighted by Gasteiger charge is -2.34. The molecule has 0 spiro atoms. The SMILES string of the molecule is CC(Cn1cc(C2(O)CC[C@H]3CO[C@@H]2O3)nn1)c1cccc(F)c1. The summed E-state index contributed by atoms with van der Waals surface area (Å²) in [5, 5.41) is 19.1. The first-order valence-electron chi connectivity index (χ1n) is 8.20. The van der Waals surface area contributed by atoms with Gasteiger partial charge in [-0.2, -0.15) is 0 Å². The van der Waals surface area contributed by atoms with E-state index in [1.807, 2.05) is 13.0 Å². The predicted molar refractivity (Wildman–Crippen MR) is 82.6 cm³/mol. The van der Waals surface area contributed by atoms with Crippen molar-refractivity contribution in [3.63, 3.8) is 0 Å². The minimum atomic E-state index is -1.26. The molecule has 7 heteroatoms. The molecule has 2 aliphatic rings. The van der Waals surface area contributed by atoms with Gasteiger partial charge in [0.05, 0.1) is 18.9 Å². The molecule has 1 N–H and O–H groups in total. The van der Waals surface area contributed by atoms with E-state index >= 15 is 0 Å². The van der Waals surface area contributed by atoms with Crippen molar-refractivity contribution in [2.45, 2.75) is 50.2 Å². The molecule has 2 saturated heterocycles. The maximum atomic E-state index is 13.4. The lowest BCUT2D eigenvalue weighted by molar-refractivity contribution is -0.219. The highest BCUT2D eigenvalue weighted by Crippen LogP contribution is 2.40. The van der Waals surface area contributed by atoms with Gasteiger partial charge >= 0.3 is 0 Å². The van der Waals surface area contributed by atoms with Crippen LogP contribution in [0.4, 0.5) is 4.39 Å². The van der Waals surface area contributed by atoms with E-state index in [1.54, 1.807) is 16.9 Å². The van der Waals surface area contributed by atoms with Gasteiger partial charge < -0.3 is 14.6 Å². The van der Waals surface area contributed by atoms with Crippen molar-refractivity contribution in [3.8, 4) is 0 Å². The number of rotatable bonds is 4. The van der Waals surface area contributed by atoms with Crippen LogP contribution in [0.15, 0.2) is 30.5 Å². The first kappa shape index (κ1) is 15.7. The van der Waals surface area contributed by atoms with E-state index in [0.29, 0.717) is 25.3 Å². The van der Waals surface area contributed by atoms with Gasteiger partial charge in [0.2, 0.25) is 0 Å². The molecule has 6 nitrogen and oxygen atoms in total. The molecule has 0 aliphatic carbocycles. The molecule has 2 fully saturated rings. The largest absolute Gasteiger partial charge is 0.378 e. The predicted octanol–water partition coefficient (Wildman–Crippen LogP) is 1.94. The Morgan fingerprint density at radius 2 is 2.38 bits per heavy atom. The van der Waals surface area contributed by atoms with Gasteiger partial charge in [-0.3, -0.25) is 4.68 Å². The number of hydrogen-bond acceptors (Lipinski definition) is 5. The van der Waals surface area contributed by atoms with Crippen LogP contribution in [0.5, 0.6) is 0 Å². The average molecular weight is 333 g/mol. The van der Waals surface area contributed by atoms with Crippen LogP contribution in [0.25, 0.3) is 0 Å². The summed E-state index contributed by atoms with van der Waals surface area (Å²) in [5.74, 6) is -0.181. The van der Waals surface area contributed by atoms with Crippen molar-refractivity contribution in [3.05, 3.63) is 47.5 Å². The van der Waals surface area contributed by atoms with Crippen molar-refractivity contribution in [2.75, 3.05) is 6.61 Å². The molecule has 128 valence electrons. The third-order valence-electron chi connectivity index (χ3n) is 4.85. The van der Waals surface area contributed by atoms with Crippen LogP contribution in [0.2, 0.25) is 0 Å². The van der Waals surface area contributed by atoms with Crippen LogP contribution in [-0.4, -0.2) is 39.1 Å². The highest BCUT2D eigenvalue weighted by atomic mass is 19.1. The highest BCUT2D eigenvalue weighted by Gasteiger charge is 2.51. The Bertz CT molecular complexity index is 737. The fourth-order valence-corrected chi connectivity index (χ4v) is 3.38. The summed E-state index contributed by atoms with van der Waals surface area (Å²) in [6, 6.07) is 6.54. The number of benzene rings is 1. The second-order valence-electron chi connectivity index (χ2n) is 6.67. The number of hydrogen-bond donors (Lipinski definition) is 1. The number of aliphatic hydroxyl groups is 1. The van der Waals surface area contributed by atoms with Gasteiger partial charge in [0.1, 0.15) is 11.5 Å². The molecule has 2 bridgehead atoms. The molecule has 1 aromatic heterocycles. The Hall–Kier alpha value is -1.83. The van der Waals surface area contributed by atoms with E-state index in [4.69, 9.17) is 9.47 Å². The molecule has 0 amide bonds. The third-order valence-corrected chi connectivity index (χ3v) is 4.85. The van der Waals surface area contributed by atoms with Gasteiger partial charge in [-0.25, -0.2) is 4.39 Å². The lowest BCUT2D eigenvalue weighted by Crippen LogP contribution is -2.44. The number of aromatic nitrogens is 3. The first-order valence-corrected chi connectivity index (χ1v) is 8.20. The van der Waals surface area contributed by atoms with Gasteiger partial charge in [0.15, 0.2) is 11.9 Å². The van der Waals surface area contributed by atoms with Crippen LogP contribution in [0, 0.1) is 5.82 Å². The molecule has 2 unspecified atom stereocenters. The molecule has 4 atom stereocenters. The first-order chi connectivity index (χ1) is 11.5. The molecule has 24 heavy (non-hydrogen) atoms. The number of halogens is 1. The van der Waals surface area contributed by atoms with E-state index in [-0.39, 0.29) is 17.8 Å². The second kappa shape index (κ2) is 5.91. The third kappa shape index (κ3) is 2.72. The summed E-state index contributed by atoms with van der Waals surface area (Å²) in [6.45, 7) is 3.05. The van der Waals surface area contributed by atoms with Crippen LogP contribution in [-0.2, 0) is 21.6 Å². The summed E-state index contributed by atoms with van der Waals surface area (Å²) >= 11 is 0. The maximum Gasteiger partial charge on any atom is 0.192 e. The van der Waals surface area contributed by atoms with Gasteiger partial charge in [-0.05, 0) is 30.5 Å². The standard InChI is InChI=1S/C17H20FN3O3/c1-11(12-3-2-4-13(18)7-12)8-21-9-15(19-20-21)17(22)6-5-14-10-23-16(17)24-14/h2-4,7,9,11,14,16,22H,5-6,8,10H2,1H3/t11?,14-,16+,17?/m0/s1. The van der Waals surface area contributed by atoms with Crippen LogP contribution in [0.3, 0.4) is 0 Å². The summed E-state index contributed by atoms with van der Waals surface area (Å²) in [6.07, 6.45) is 2.39. The lowest BCUT2D eigenvalue weighted by atomic mass is 9.90. The van der Waals surface area contributed by atoms with Gasteiger partial charge in [-0.15, -0.1) is 5.10 Å². The van der Waals surface area contributed by atoms with Crippen molar-refractivity contribution in [1.82, 2.24) is 15.0 Å². The van der Waals surface area contributed by atoms with Gasteiger partial charge in [0.25, 0.3) is 0 Å². The quantitative estimate of drug-likeness (QED) is 0.926. The minimum absolute atomic E-state index is 0.0679. The fourth-order valence-electron chi connectivity index (χ4n) is 3.38. The van der Waals surface area contributed by atoms with Gasteiger partial charge in [0, 0.05) is 12.5 Å². The monoisotopic (exact) mass is 333 g/mol.